The second-order valence-electron chi connectivity index (χ2n) is 4.86. The molecule has 5 heteroatoms. The van der Waals surface area contributed by atoms with Crippen molar-refractivity contribution >= 4 is 11.8 Å². The zero-order valence-corrected chi connectivity index (χ0v) is 13.3. The van der Waals surface area contributed by atoms with Crippen LogP contribution in [0, 0.1) is 0 Å². The Bertz CT molecular complexity index is 721. The molecule has 120 valence electrons. The molecular formula is C18H18O5. The number of benzene rings is 2. The molecule has 0 fully saturated rings. The molecule has 0 atom stereocenters. The molecular weight excluding hydrogens is 296 g/mol. The van der Waals surface area contributed by atoms with Gasteiger partial charge in [-0.25, -0.2) is 4.79 Å². The van der Waals surface area contributed by atoms with E-state index in [4.69, 9.17) is 14.2 Å². The van der Waals surface area contributed by atoms with E-state index in [1.165, 1.54) is 21.1 Å². The summed E-state index contributed by atoms with van der Waals surface area (Å²) in [6.07, 6.45) is 0. The van der Waals surface area contributed by atoms with E-state index in [-0.39, 0.29) is 12.4 Å². The number of ketones is 1. The zero-order chi connectivity index (χ0) is 16.8. The van der Waals surface area contributed by atoms with E-state index in [9.17, 15) is 9.59 Å². The van der Waals surface area contributed by atoms with Gasteiger partial charge in [0.2, 0.25) is 0 Å². The van der Waals surface area contributed by atoms with Crippen molar-refractivity contribution in [1.29, 1.82) is 0 Å². The van der Waals surface area contributed by atoms with Gasteiger partial charge in [-0.2, -0.15) is 0 Å². The van der Waals surface area contributed by atoms with Crippen LogP contribution in [0.25, 0.3) is 0 Å². The van der Waals surface area contributed by atoms with Crippen molar-refractivity contribution < 1.29 is 23.8 Å². The molecule has 2 aromatic carbocycles. The summed E-state index contributed by atoms with van der Waals surface area (Å²) in [5.74, 6) is 0.437. The van der Waals surface area contributed by atoms with E-state index in [1.54, 1.807) is 42.5 Å². The third-order valence-electron chi connectivity index (χ3n) is 3.37. The average Bonchev–Trinajstić information content (AvgIpc) is 2.59. The number of carbonyl (C=O) groups excluding carboxylic acids is 2. The molecule has 5 nitrogen and oxygen atoms in total. The third-order valence-corrected chi connectivity index (χ3v) is 3.37. The van der Waals surface area contributed by atoms with Gasteiger partial charge in [0, 0.05) is 11.1 Å². The number of hydrogen-bond acceptors (Lipinski definition) is 5. The number of carbonyl (C=O) groups is 2. The lowest BCUT2D eigenvalue weighted by molar-refractivity contribution is 0.0466. The Labute approximate surface area is 134 Å². The van der Waals surface area contributed by atoms with Crippen LogP contribution in [0.4, 0.5) is 0 Å². The quantitative estimate of drug-likeness (QED) is 0.605. The highest BCUT2D eigenvalue weighted by molar-refractivity contribution is 5.94. The van der Waals surface area contributed by atoms with Crippen LogP contribution in [0.3, 0.4) is 0 Å². The van der Waals surface area contributed by atoms with Gasteiger partial charge >= 0.3 is 5.97 Å². The predicted octanol–water partition coefficient (Wildman–Crippen LogP) is 3.26. The summed E-state index contributed by atoms with van der Waals surface area (Å²) in [7, 11) is 3.01. The maximum Gasteiger partial charge on any atom is 0.342 e. The van der Waals surface area contributed by atoms with E-state index in [1.807, 2.05) is 0 Å². The van der Waals surface area contributed by atoms with E-state index in [2.05, 4.69) is 0 Å². The summed E-state index contributed by atoms with van der Waals surface area (Å²) in [6.45, 7) is 1.48. The standard InChI is InChI=1S/C18H18O5/c1-12(19)13-8-9-16(21-2)14(10-13)11-23-18(20)15-6-4-5-7-17(15)22-3/h4-10H,11H2,1-3H3. The van der Waals surface area contributed by atoms with Gasteiger partial charge in [-0.05, 0) is 37.3 Å². The van der Waals surface area contributed by atoms with Crippen LogP contribution in [-0.4, -0.2) is 26.0 Å². The molecule has 0 spiro atoms. The summed E-state index contributed by atoms with van der Waals surface area (Å²) >= 11 is 0. The number of hydrogen-bond donors (Lipinski definition) is 0. The summed E-state index contributed by atoms with van der Waals surface area (Å²) < 4.78 is 15.7. The fourth-order valence-electron chi connectivity index (χ4n) is 2.14. The van der Waals surface area contributed by atoms with E-state index < -0.39 is 5.97 Å². The molecule has 23 heavy (non-hydrogen) atoms. The van der Waals surface area contributed by atoms with E-state index in [0.29, 0.717) is 28.2 Å². The lowest BCUT2D eigenvalue weighted by Gasteiger charge is -2.12. The fourth-order valence-corrected chi connectivity index (χ4v) is 2.14. The highest BCUT2D eigenvalue weighted by Gasteiger charge is 2.15. The first-order valence-electron chi connectivity index (χ1n) is 7.04. The summed E-state index contributed by atoms with van der Waals surface area (Å²) in [5, 5.41) is 0. The van der Waals surface area contributed by atoms with Crippen LogP contribution in [0.15, 0.2) is 42.5 Å². The van der Waals surface area contributed by atoms with E-state index >= 15 is 0 Å². The third kappa shape index (κ3) is 3.88. The van der Waals surface area contributed by atoms with Gasteiger partial charge in [-0.15, -0.1) is 0 Å². The molecule has 0 saturated heterocycles. The van der Waals surface area contributed by atoms with Crippen LogP contribution >= 0.6 is 0 Å². The number of rotatable bonds is 6. The van der Waals surface area contributed by atoms with Gasteiger partial charge in [0.1, 0.15) is 23.7 Å². The van der Waals surface area contributed by atoms with Crippen LogP contribution in [0.5, 0.6) is 11.5 Å². The molecule has 0 radical (unpaired) electrons. The average molecular weight is 314 g/mol. The largest absolute Gasteiger partial charge is 0.496 e. The van der Waals surface area contributed by atoms with Crippen molar-refractivity contribution in [3.8, 4) is 11.5 Å². The molecule has 0 aliphatic rings. The lowest BCUT2D eigenvalue weighted by Crippen LogP contribution is -2.08. The maximum absolute atomic E-state index is 12.2. The maximum atomic E-state index is 12.2. The van der Waals surface area contributed by atoms with Gasteiger partial charge in [0.05, 0.1) is 14.2 Å². The number of para-hydroxylation sites is 1. The van der Waals surface area contributed by atoms with Crippen molar-refractivity contribution in [3.05, 3.63) is 59.2 Å². The molecule has 0 unspecified atom stereocenters. The lowest BCUT2D eigenvalue weighted by atomic mass is 10.1. The fraction of sp³-hybridized carbons (Fsp3) is 0.222. The zero-order valence-electron chi connectivity index (χ0n) is 13.3. The van der Waals surface area contributed by atoms with Gasteiger partial charge in [0.25, 0.3) is 0 Å². The smallest absolute Gasteiger partial charge is 0.342 e. The SMILES string of the molecule is COc1ccc(C(C)=O)cc1COC(=O)c1ccccc1OC. The molecule has 0 saturated carbocycles. The molecule has 0 aliphatic heterocycles. The normalized spacial score (nSPS) is 10.0. The van der Waals surface area contributed by atoms with Gasteiger partial charge < -0.3 is 14.2 Å². The molecule has 0 bridgehead atoms. The number of Topliss-reactive ketones (excluding diaryl/α,β-unsaturated/α-hetero) is 1. The monoisotopic (exact) mass is 314 g/mol. The Morgan fingerprint density at radius 3 is 2.30 bits per heavy atom. The summed E-state index contributed by atoms with van der Waals surface area (Å²) in [6, 6.07) is 11.8. The van der Waals surface area contributed by atoms with Crippen molar-refractivity contribution in [3.63, 3.8) is 0 Å². The first kappa shape index (κ1) is 16.5. The van der Waals surface area contributed by atoms with Crippen molar-refractivity contribution in [1.82, 2.24) is 0 Å². The Hall–Kier alpha value is -2.82. The summed E-state index contributed by atoms with van der Waals surface area (Å²) in [4.78, 5) is 23.7. The first-order chi connectivity index (χ1) is 11.1. The Morgan fingerprint density at radius 2 is 1.65 bits per heavy atom. The number of esters is 1. The first-order valence-corrected chi connectivity index (χ1v) is 7.04. The van der Waals surface area contributed by atoms with Crippen LogP contribution in [-0.2, 0) is 11.3 Å². The Balaban J connectivity index is 2.18. The number of ether oxygens (including phenoxy) is 3. The van der Waals surface area contributed by atoms with Crippen molar-refractivity contribution in [2.24, 2.45) is 0 Å². The molecule has 0 amide bonds. The second kappa shape index (κ2) is 7.45. The predicted molar refractivity (Wildman–Crippen MR) is 85.1 cm³/mol. The number of methoxy groups -OCH3 is 2. The van der Waals surface area contributed by atoms with Crippen molar-refractivity contribution in [2.45, 2.75) is 13.5 Å². The molecule has 0 aromatic heterocycles. The molecule has 0 N–H and O–H groups in total. The minimum Gasteiger partial charge on any atom is -0.496 e. The second-order valence-corrected chi connectivity index (χ2v) is 4.86. The van der Waals surface area contributed by atoms with E-state index in [0.717, 1.165) is 0 Å². The molecule has 0 aliphatic carbocycles. The topological polar surface area (TPSA) is 61.8 Å². The Kier molecular flexibility index (Phi) is 5.36. The van der Waals surface area contributed by atoms with Crippen molar-refractivity contribution in [2.75, 3.05) is 14.2 Å². The van der Waals surface area contributed by atoms with Crippen LogP contribution in [0.1, 0.15) is 33.2 Å². The van der Waals surface area contributed by atoms with Gasteiger partial charge in [0.15, 0.2) is 5.78 Å². The van der Waals surface area contributed by atoms with Gasteiger partial charge in [-0.3, -0.25) is 4.79 Å². The molecule has 2 aromatic rings. The molecule has 2 rings (SSSR count). The van der Waals surface area contributed by atoms with Crippen LogP contribution in [0.2, 0.25) is 0 Å². The minimum atomic E-state index is -0.502. The minimum absolute atomic E-state index is 0.00117. The van der Waals surface area contributed by atoms with Gasteiger partial charge in [-0.1, -0.05) is 12.1 Å². The summed E-state index contributed by atoms with van der Waals surface area (Å²) in [5.41, 5.74) is 1.51. The highest BCUT2D eigenvalue weighted by Crippen LogP contribution is 2.23. The van der Waals surface area contributed by atoms with Crippen LogP contribution < -0.4 is 9.47 Å². The Morgan fingerprint density at radius 1 is 0.957 bits per heavy atom. The molecule has 0 heterocycles. The highest BCUT2D eigenvalue weighted by atomic mass is 16.5.